The van der Waals surface area contributed by atoms with Crippen LogP contribution in [0.15, 0.2) is 24.5 Å². The Hall–Kier alpha value is -0.890. The molecule has 4 aliphatic carbocycles. The SMILES string of the molecule is OC1(Cc2ccncc2)C2CC3CC(C2)CC1C3. The largest absolute Gasteiger partial charge is 0.389 e. The zero-order valence-electron chi connectivity index (χ0n) is 10.8. The van der Waals surface area contributed by atoms with Crippen molar-refractivity contribution in [3.63, 3.8) is 0 Å². The van der Waals surface area contributed by atoms with Crippen LogP contribution < -0.4 is 0 Å². The topological polar surface area (TPSA) is 33.1 Å². The van der Waals surface area contributed by atoms with Crippen molar-refractivity contribution in [3.8, 4) is 0 Å². The summed E-state index contributed by atoms with van der Waals surface area (Å²) < 4.78 is 0. The highest BCUT2D eigenvalue weighted by Crippen LogP contribution is 2.58. The molecule has 1 heterocycles. The Bertz CT molecular complexity index is 414. The zero-order chi connectivity index (χ0) is 12.2. The van der Waals surface area contributed by atoms with Gasteiger partial charge in [-0.05, 0) is 73.5 Å². The smallest absolute Gasteiger partial charge is 0.0744 e. The summed E-state index contributed by atoms with van der Waals surface area (Å²) in [5.74, 6) is 2.96. The van der Waals surface area contributed by atoms with Crippen molar-refractivity contribution in [2.45, 2.75) is 44.1 Å². The van der Waals surface area contributed by atoms with Gasteiger partial charge in [-0.25, -0.2) is 0 Å². The summed E-state index contributed by atoms with van der Waals surface area (Å²) in [6, 6.07) is 4.12. The third-order valence-corrected chi connectivity index (χ3v) is 5.79. The highest BCUT2D eigenvalue weighted by Gasteiger charge is 2.56. The molecule has 0 spiro atoms. The molecule has 1 aromatic heterocycles. The number of pyridine rings is 1. The maximum Gasteiger partial charge on any atom is 0.0744 e. The normalized spacial score (nSPS) is 45.4. The molecule has 0 aliphatic heterocycles. The Morgan fingerprint density at radius 3 is 2.11 bits per heavy atom. The van der Waals surface area contributed by atoms with Crippen molar-refractivity contribution in [1.82, 2.24) is 4.98 Å². The van der Waals surface area contributed by atoms with Crippen LogP contribution in [-0.4, -0.2) is 15.7 Å². The molecule has 4 aliphatic rings. The molecule has 0 amide bonds. The van der Waals surface area contributed by atoms with Crippen LogP contribution in [0.1, 0.15) is 37.7 Å². The molecule has 4 saturated carbocycles. The lowest BCUT2D eigenvalue weighted by Crippen LogP contribution is -2.58. The van der Waals surface area contributed by atoms with Gasteiger partial charge >= 0.3 is 0 Å². The van der Waals surface area contributed by atoms with Gasteiger partial charge in [-0.3, -0.25) is 4.98 Å². The average molecular weight is 243 g/mol. The molecule has 2 heteroatoms. The maximum atomic E-state index is 11.2. The molecule has 18 heavy (non-hydrogen) atoms. The molecular formula is C16H21NO. The summed E-state index contributed by atoms with van der Waals surface area (Å²) in [7, 11) is 0. The van der Waals surface area contributed by atoms with Crippen molar-refractivity contribution < 1.29 is 5.11 Å². The molecule has 0 unspecified atom stereocenters. The van der Waals surface area contributed by atoms with Gasteiger partial charge in [-0.15, -0.1) is 0 Å². The van der Waals surface area contributed by atoms with Gasteiger partial charge in [0.05, 0.1) is 5.60 Å². The Morgan fingerprint density at radius 2 is 1.56 bits per heavy atom. The van der Waals surface area contributed by atoms with E-state index in [1.165, 1.54) is 37.7 Å². The first-order valence-corrected chi connectivity index (χ1v) is 7.35. The number of rotatable bonds is 2. The molecule has 2 nitrogen and oxygen atoms in total. The van der Waals surface area contributed by atoms with E-state index in [0.29, 0.717) is 11.8 Å². The van der Waals surface area contributed by atoms with E-state index in [2.05, 4.69) is 17.1 Å². The lowest BCUT2D eigenvalue weighted by Gasteiger charge is -2.59. The highest BCUT2D eigenvalue weighted by molar-refractivity contribution is 5.17. The Balaban J connectivity index is 1.63. The molecule has 4 bridgehead atoms. The third-order valence-electron chi connectivity index (χ3n) is 5.79. The molecule has 5 rings (SSSR count). The van der Waals surface area contributed by atoms with Crippen LogP contribution in [0.2, 0.25) is 0 Å². The second-order valence-electron chi connectivity index (χ2n) is 6.83. The Kier molecular flexibility index (Phi) is 2.32. The van der Waals surface area contributed by atoms with Crippen molar-refractivity contribution in [3.05, 3.63) is 30.1 Å². The molecular weight excluding hydrogens is 222 g/mol. The molecule has 0 aromatic carbocycles. The van der Waals surface area contributed by atoms with Crippen LogP contribution in [-0.2, 0) is 6.42 Å². The summed E-state index contributed by atoms with van der Waals surface area (Å²) in [6.07, 6.45) is 11.1. The molecule has 0 saturated heterocycles. The first-order chi connectivity index (χ1) is 8.74. The van der Waals surface area contributed by atoms with Gasteiger partial charge in [-0.1, -0.05) is 0 Å². The quantitative estimate of drug-likeness (QED) is 0.866. The van der Waals surface area contributed by atoms with Crippen LogP contribution in [0, 0.1) is 23.7 Å². The van der Waals surface area contributed by atoms with Crippen molar-refractivity contribution >= 4 is 0 Å². The summed E-state index contributed by atoms with van der Waals surface area (Å²) in [4.78, 5) is 4.07. The average Bonchev–Trinajstić information content (AvgIpc) is 2.37. The summed E-state index contributed by atoms with van der Waals surface area (Å²) in [5.41, 5.74) is 0.828. The van der Waals surface area contributed by atoms with E-state index in [4.69, 9.17) is 0 Å². The predicted molar refractivity (Wildman–Crippen MR) is 69.9 cm³/mol. The van der Waals surface area contributed by atoms with Crippen LogP contribution in [0.4, 0.5) is 0 Å². The van der Waals surface area contributed by atoms with Gasteiger partial charge in [0.1, 0.15) is 0 Å². The zero-order valence-corrected chi connectivity index (χ0v) is 10.8. The monoisotopic (exact) mass is 243 g/mol. The van der Waals surface area contributed by atoms with Gasteiger partial charge in [0.2, 0.25) is 0 Å². The van der Waals surface area contributed by atoms with E-state index >= 15 is 0 Å². The van der Waals surface area contributed by atoms with E-state index in [9.17, 15) is 5.11 Å². The van der Waals surface area contributed by atoms with Gasteiger partial charge in [0, 0.05) is 18.8 Å². The number of nitrogens with zero attached hydrogens (tertiary/aromatic N) is 1. The molecule has 1 N–H and O–H groups in total. The fourth-order valence-corrected chi connectivity index (χ4v) is 5.12. The van der Waals surface area contributed by atoms with Gasteiger partial charge in [0.15, 0.2) is 0 Å². The highest BCUT2D eigenvalue weighted by atomic mass is 16.3. The van der Waals surface area contributed by atoms with E-state index in [-0.39, 0.29) is 0 Å². The summed E-state index contributed by atoms with van der Waals surface area (Å²) in [5, 5.41) is 11.2. The molecule has 4 fully saturated rings. The molecule has 1 aromatic rings. The van der Waals surface area contributed by atoms with Crippen molar-refractivity contribution in [2.24, 2.45) is 23.7 Å². The first kappa shape index (κ1) is 11.0. The van der Waals surface area contributed by atoms with E-state index in [1.807, 2.05) is 12.4 Å². The number of aliphatic hydroxyl groups is 1. The lowest BCUT2D eigenvalue weighted by atomic mass is 9.49. The fraction of sp³-hybridized carbons (Fsp3) is 0.688. The first-order valence-electron chi connectivity index (χ1n) is 7.35. The Labute approximate surface area is 108 Å². The fourth-order valence-electron chi connectivity index (χ4n) is 5.12. The van der Waals surface area contributed by atoms with Crippen molar-refractivity contribution in [2.75, 3.05) is 0 Å². The summed E-state index contributed by atoms with van der Waals surface area (Å²) >= 11 is 0. The number of hydrogen-bond donors (Lipinski definition) is 1. The number of hydrogen-bond acceptors (Lipinski definition) is 2. The minimum atomic E-state index is -0.422. The number of aromatic nitrogens is 1. The van der Waals surface area contributed by atoms with Crippen LogP contribution in [0.3, 0.4) is 0 Å². The van der Waals surface area contributed by atoms with Crippen LogP contribution >= 0.6 is 0 Å². The predicted octanol–water partition coefficient (Wildman–Crippen LogP) is 2.81. The second-order valence-corrected chi connectivity index (χ2v) is 6.83. The van der Waals surface area contributed by atoms with Gasteiger partial charge in [-0.2, -0.15) is 0 Å². The van der Waals surface area contributed by atoms with E-state index in [0.717, 1.165) is 18.3 Å². The van der Waals surface area contributed by atoms with E-state index in [1.54, 1.807) is 0 Å². The van der Waals surface area contributed by atoms with Crippen LogP contribution in [0.25, 0.3) is 0 Å². The van der Waals surface area contributed by atoms with Crippen LogP contribution in [0.5, 0.6) is 0 Å². The minimum absolute atomic E-state index is 0.422. The maximum absolute atomic E-state index is 11.2. The Morgan fingerprint density at radius 1 is 1.00 bits per heavy atom. The lowest BCUT2D eigenvalue weighted by molar-refractivity contribution is -0.171. The third kappa shape index (κ3) is 1.55. The van der Waals surface area contributed by atoms with Crippen molar-refractivity contribution in [1.29, 1.82) is 0 Å². The second kappa shape index (κ2) is 3.80. The standard InChI is InChI=1S/C16H21NO/c18-16(10-11-1-3-17-4-2-11)14-6-12-5-13(8-14)9-15(16)7-12/h1-4,12-15,18H,5-10H2. The van der Waals surface area contributed by atoms with Gasteiger partial charge in [0.25, 0.3) is 0 Å². The molecule has 0 radical (unpaired) electrons. The minimum Gasteiger partial charge on any atom is -0.389 e. The molecule has 0 atom stereocenters. The summed E-state index contributed by atoms with van der Waals surface area (Å²) in [6.45, 7) is 0. The van der Waals surface area contributed by atoms with E-state index < -0.39 is 5.60 Å². The van der Waals surface area contributed by atoms with Gasteiger partial charge < -0.3 is 5.11 Å². The molecule has 96 valence electrons.